The van der Waals surface area contributed by atoms with Gasteiger partial charge in [0, 0.05) is 32.4 Å². The lowest BCUT2D eigenvalue weighted by Gasteiger charge is -2.31. The number of carbonyl (C=O) groups excluding carboxylic acids is 8. The summed E-state index contributed by atoms with van der Waals surface area (Å²) in [6.45, 7) is 15.3. The highest BCUT2D eigenvalue weighted by atomic mass is 16.6. The lowest BCUT2D eigenvalue weighted by molar-refractivity contribution is -0.148. The molecule has 19 heteroatoms. The van der Waals surface area contributed by atoms with Crippen molar-refractivity contribution in [3.63, 3.8) is 0 Å². The molecule has 2 aliphatic rings. The van der Waals surface area contributed by atoms with Crippen LogP contribution in [0.4, 0.5) is 14.4 Å². The molecule has 7 amide bonds. The van der Waals surface area contributed by atoms with Crippen molar-refractivity contribution in [3.05, 3.63) is 71.8 Å². The SMILES string of the molecule is COC(=O)C1(NC(=O)OC(C)(C)C)CCN(C(=O)[C@@H](CCCCNC(=O)OC(C)(C)C)NC(=O)[C@@H](CCC2CC2)NC(=O)[C@@H](Cc2ccccc2)NC(=O)[C@@H](Cc2ccccc2)NC(=O)OC(C)(C)C)C1. The molecule has 1 heterocycles. The molecule has 4 rings (SSSR count). The molecule has 19 nitrogen and oxygen atoms in total. The summed E-state index contributed by atoms with van der Waals surface area (Å²) in [4.78, 5) is 111. The Hall–Kier alpha value is -6.40. The van der Waals surface area contributed by atoms with Gasteiger partial charge in [0.25, 0.3) is 0 Å². The Morgan fingerprint density at radius 3 is 1.61 bits per heavy atom. The number of nitrogens with one attached hydrogen (secondary N) is 6. The molecule has 2 aromatic rings. The molecule has 392 valence electrons. The molecule has 1 saturated heterocycles. The molecule has 0 bridgehead atoms. The minimum absolute atomic E-state index is 0.000769. The van der Waals surface area contributed by atoms with E-state index in [9.17, 15) is 38.4 Å². The second-order valence-electron chi connectivity index (χ2n) is 21.4. The van der Waals surface area contributed by atoms with Crippen molar-refractivity contribution in [2.45, 2.75) is 173 Å². The number of carbonyl (C=O) groups is 8. The number of alkyl carbamates (subject to hydrolysis) is 3. The van der Waals surface area contributed by atoms with Crippen LogP contribution in [0.1, 0.15) is 125 Å². The first-order valence-electron chi connectivity index (χ1n) is 24.6. The average molecular weight is 992 g/mol. The van der Waals surface area contributed by atoms with Crippen molar-refractivity contribution in [2.75, 3.05) is 26.7 Å². The van der Waals surface area contributed by atoms with Gasteiger partial charge in [0.2, 0.25) is 23.6 Å². The highest BCUT2D eigenvalue weighted by Gasteiger charge is 2.50. The van der Waals surface area contributed by atoms with E-state index in [1.807, 2.05) is 36.4 Å². The second-order valence-corrected chi connectivity index (χ2v) is 21.4. The van der Waals surface area contributed by atoms with Gasteiger partial charge in [-0.2, -0.15) is 0 Å². The van der Waals surface area contributed by atoms with E-state index in [1.54, 1.807) is 86.6 Å². The highest BCUT2D eigenvalue weighted by molar-refractivity contribution is 5.96. The van der Waals surface area contributed by atoms with E-state index in [4.69, 9.17) is 18.9 Å². The monoisotopic (exact) mass is 992 g/mol. The quantitative estimate of drug-likeness (QED) is 0.0495. The number of amides is 7. The van der Waals surface area contributed by atoms with Gasteiger partial charge < -0.3 is 55.7 Å². The summed E-state index contributed by atoms with van der Waals surface area (Å²) >= 11 is 0. The van der Waals surface area contributed by atoms with Crippen molar-refractivity contribution in [1.82, 2.24) is 36.8 Å². The maximum Gasteiger partial charge on any atom is 0.408 e. The van der Waals surface area contributed by atoms with Crippen molar-refractivity contribution in [3.8, 4) is 0 Å². The van der Waals surface area contributed by atoms with Crippen LogP contribution in [0.5, 0.6) is 0 Å². The molecule has 5 atom stereocenters. The standard InChI is InChI=1S/C52H77N7O12/c1-49(2,3)69-46(65)53-29-18-17-23-38(44(63)59-30-28-52(33-59,45(64)68-10)58-48(67)71-51(7,8)9)55-41(60)37(27-26-34-24-25-34)54-42(61)39(31-35-19-13-11-14-20-35)56-43(62)40(32-36-21-15-12-16-22-36)57-47(66)70-50(4,5)6/h11-16,19-22,34,37-40H,17-18,23-33H2,1-10H3,(H,53,65)(H,54,61)(H,55,60)(H,56,62)(H,57,66)(H,58,67)/t37-,38-,39-,40-,52?/m1/s1. The molecular formula is C52H77N7O12. The fourth-order valence-corrected chi connectivity index (χ4v) is 7.93. The van der Waals surface area contributed by atoms with Crippen molar-refractivity contribution in [2.24, 2.45) is 5.92 Å². The van der Waals surface area contributed by atoms with Crippen LogP contribution in [0.3, 0.4) is 0 Å². The van der Waals surface area contributed by atoms with E-state index in [0.717, 1.165) is 18.4 Å². The predicted molar refractivity (Wildman–Crippen MR) is 265 cm³/mol. The van der Waals surface area contributed by atoms with Crippen LogP contribution in [0.2, 0.25) is 0 Å². The first kappa shape index (κ1) is 57.2. The van der Waals surface area contributed by atoms with Crippen LogP contribution in [0, 0.1) is 5.92 Å². The Bertz CT molecular complexity index is 2130. The van der Waals surface area contributed by atoms with Crippen LogP contribution < -0.4 is 31.9 Å². The van der Waals surface area contributed by atoms with Gasteiger partial charge in [-0.3, -0.25) is 19.2 Å². The van der Waals surface area contributed by atoms with Gasteiger partial charge in [0.05, 0.1) is 13.7 Å². The minimum atomic E-state index is -1.64. The molecule has 0 aromatic heterocycles. The van der Waals surface area contributed by atoms with E-state index in [-0.39, 0.29) is 51.7 Å². The van der Waals surface area contributed by atoms with E-state index in [0.29, 0.717) is 30.7 Å². The summed E-state index contributed by atoms with van der Waals surface area (Å²) in [6, 6.07) is 13.4. The maximum absolute atomic E-state index is 14.6. The largest absolute Gasteiger partial charge is 0.467 e. The van der Waals surface area contributed by atoms with Gasteiger partial charge in [-0.05, 0) is 111 Å². The van der Waals surface area contributed by atoms with Crippen LogP contribution in [0.15, 0.2) is 60.7 Å². The first-order chi connectivity index (χ1) is 33.2. The number of nitrogens with zero attached hydrogens (tertiary/aromatic N) is 1. The molecule has 0 radical (unpaired) electrons. The number of ether oxygens (including phenoxy) is 4. The number of unbranched alkanes of at least 4 members (excludes halogenated alkanes) is 1. The minimum Gasteiger partial charge on any atom is -0.467 e. The Kier molecular flexibility index (Phi) is 20.6. The normalized spacial score (nSPS) is 17.5. The zero-order valence-corrected chi connectivity index (χ0v) is 43.2. The number of esters is 1. The molecule has 6 N–H and O–H groups in total. The Labute approximate surface area is 418 Å². The molecule has 0 spiro atoms. The van der Waals surface area contributed by atoms with Crippen molar-refractivity contribution >= 4 is 47.9 Å². The summed E-state index contributed by atoms with van der Waals surface area (Å²) in [6.07, 6.45) is 1.44. The summed E-state index contributed by atoms with van der Waals surface area (Å²) in [5.74, 6) is -2.94. The first-order valence-corrected chi connectivity index (χ1v) is 24.6. The fourth-order valence-electron chi connectivity index (χ4n) is 7.93. The van der Waals surface area contributed by atoms with Gasteiger partial charge >= 0.3 is 24.2 Å². The molecule has 71 heavy (non-hydrogen) atoms. The fraction of sp³-hybridized carbons (Fsp3) is 0.615. The van der Waals surface area contributed by atoms with Crippen molar-refractivity contribution < 1.29 is 57.3 Å². The zero-order valence-electron chi connectivity index (χ0n) is 43.2. The third kappa shape index (κ3) is 20.5. The van der Waals surface area contributed by atoms with Gasteiger partial charge in [0.1, 0.15) is 41.0 Å². The Balaban J connectivity index is 1.60. The summed E-state index contributed by atoms with van der Waals surface area (Å²) in [7, 11) is 1.18. The molecule has 2 aromatic carbocycles. The maximum atomic E-state index is 14.6. The third-order valence-electron chi connectivity index (χ3n) is 11.5. The number of likely N-dealkylation sites (tertiary alicyclic amines) is 1. The van der Waals surface area contributed by atoms with Gasteiger partial charge in [0.15, 0.2) is 5.54 Å². The lowest BCUT2D eigenvalue weighted by atomic mass is 9.99. The van der Waals surface area contributed by atoms with E-state index >= 15 is 0 Å². The smallest absolute Gasteiger partial charge is 0.408 e. The van der Waals surface area contributed by atoms with Crippen LogP contribution in [0.25, 0.3) is 0 Å². The lowest BCUT2D eigenvalue weighted by Crippen LogP contribution is -2.60. The topological polar surface area (TPSA) is 249 Å². The number of hydrogen-bond donors (Lipinski definition) is 6. The zero-order chi connectivity index (χ0) is 52.6. The highest BCUT2D eigenvalue weighted by Crippen LogP contribution is 2.34. The molecule has 1 aliphatic carbocycles. The number of methoxy groups -OCH3 is 1. The van der Waals surface area contributed by atoms with Crippen LogP contribution >= 0.6 is 0 Å². The average Bonchev–Trinajstić information content (AvgIpc) is 4.01. The van der Waals surface area contributed by atoms with E-state index in [2.05, 4.69) is 31.9 Å². The molecular weight excluding hydrogens is 915 g/mol. The molecule has 1 aliphatic heterocycles. The van der Waals surface area contributed by atoms with Crippen LogP contribution in [-0.4, -0.2) is 126 Å². The van der Waals surface area contributed by atoms with E-state index in [1.165, 1.54) is 12.0 Å². The Morgan fingerprint density at radius 2 is 1.08 bits per heavy atom. The summed E-state index contributed by atoms with van der Waals surface area (Å²) in [5, 5.41) is 16.6. The number of benzene rings is 2. The Morgan fingerprint density at radius 1 is 0.606 bits per heavy atom. The van der Waals surface area contributed by atoms with Gasteiger partial charge in [-0.25, -0.2) is 19.2 Å². The molecule has 1 saturated carbocycles. The molecule has 1 unspecified atom stereocenters. The van der Waals surface area contributed by atoms with Gasteiger partial charge in [-0.1, -0.05) is 73.5 Å². The number of rotatable bonds is 22. The molecule has 2 fully saturated rings. The second kappa shape index (κ2) is 25.6. The summed E-state index contributed by atoms with van der Waals surface area (Å²) < 4.78 is 21.4. The van der Waals surface area contributed by atoms with Gasteiger partial charge in [-0.15, -0.1) is 0 Å². The third-order valence-corrected chi connectivity index (χ3v) is 11.5. The summed E-state index contributed by atoms with van der Waals surface area (Å²) in [5.41, 5.74) is -2.62. The number of hydrogen-bond acceptors (Lipinski definition) is 12. The van der Waals surface area contributed by atoms with E-state index < -0.39 is 94.4 Å². The predicted octanol–water partition coefficient (Wildman–Crippen LogP) is 5.37. The van der Waals surface area contributed by atoms with Crippen LogP contribution in [-0.2, 0) is 55.8 Å². The van der Waals surface area contributed by atoms with Crippen molar-refractivity contribution in [1.29, 1.82) is 0 Å².